The Hall–Kier alpha value is -1.70. The summed E-state index contributed by atoms with van der Waals surface area (Å²) in [7, 11) is 3.63. The van der Waals surface area contributed by atoms with Crippen LogP contribution in [-0.4, -0.2) is 68.8 Å². The predicted octanol–water partition coefficient (Wildman–Crippen LogP) is -0.254. The number of nitrogens with one attached hydrogen (secondary N) is 1. The second-order valence-electron chi connectivity index (χ2n) is 5.25. The van der Waals surface area contributed by atoms with E-state index in [9.17, 15) is 4.79 Å². The second-order valence-corrected chi connectivity index (χ2v) is 5.25. The molecule has 0 saturated carbocycles. The molecule has 1 saturated heterocycles. The van der Waals surface area contributed by atoms with Gasteiger partial charge in [-0.1, -0.05) is 0 Å². The first-order valence-corrected chi connectivity index (χ1v) is 7.05. The summed E-state index contributed by atoms with van der Waals surface area (Å²) in [5.74, 6) is 0.660. The number of methoxy groups -OCH3 is 1. The van der Waals surface area contributed by atoms with E-state index < -0.39 is 6.04 Å². The van der Waals surface area contributed by atoms with Gasteiger partial charge < -0.3 is 25.6 Å². The van der Waals surface area contributed by atoms with Crippen LogP contribution in [0.4, 0.5) is 11.5 Å². The van der Waals surface area contributed by atoms with Gasteiger partial charge in [0.15, 0.2) is 0 Å². The highest BCUT2D eigenvalue weighted by atomic mass is 16.5. The van der Waals surface area contributed by atoms with Crippen LogP contribution in [0.15, 0.2) is 18.3 Å². The minimum absolute atomic E-state index is 0.193. The zero-order valence-corrected chi connectivity index (χ0v) is 12.6. The number of piperazine rings is 1. The summed E-state index contributed by atoms with van der Waals surface area (Å²) in [6, 6.07) is 3.09. The number of hydrogen-bond donors (Lipinski definition) is 2. The van der Waals surface area contributed by atoms with E-state index in [-0.39, 0.29) is 12.5 Å². The van der Waals surface area contributed by atoms with Crippen LogP contribution in [0.3, 0.4) is 0 Å². The van der Waals surface area contributed by atoms with Crippen LogP contribution in [0.2, 0.25) is 0 Å². The van der Waals surface area contributed by atoms with Gasteiger partial charge in [-0.05, 0) is 19.2 Å². The van der Waals surface area contributed by atoms with E-state index in [0.29, 0.717) is 5.69 Å². The zero-order valence-electron chi connectivity index (χ0n) is 12.6. The van der Waals surface area contributed by atoms with Crippen LogP contribution in [0, 0.1) is 0 Å². The predicted molar refractivity (Wildman–Crippen MR) is 82.4 cm³/mol. The molecular weight excluding hydrogens is 270 g/mol. The van der Waals surface area contributed by atoms with Gasteiger partial charge in [-0.25, -0.2) is 4.98 Å². The number of amides is 1. The molecule has 7 nitrogen and oxygen atoms in total. The molecule has 0 spiro atoms. The SMILES string of the molecule is COCC(N)C(=O)Nc1ccc(N2CCN(C)CC2)nc1. The highest BCUT2D eigenvalue weighted by Crippen LogP contribution is 2.15. The second kappa shape index (κ2) is 7.35. The summed E-state index contributed by atoms with van der Waals surface area (Å²) >= 11 is 0. The van der Waals surface area contributed by atoms with Crippen LogP contribution in [0.25, 0.3) is 0 Å². The number of carbonyl (C=O) groups excluding carboxylic acids is 1. The average Bonchev–Trinajstić information content (AvgIpc) is 2.49. The molecule has 0 radical (unpaired) electrons. The van der Waals surface area contributed by atoms with Gasteiger partial charge >= 0.3 is 0 Å². The topological polar surface area (TPSA) is 83.7 Å². The highest BCUT2D eigenvalue weighted by Gasteiger charge is 2.16. The fourth-order valence-corrected chi connectivity index (χ4v) is 2.17. The zero-order chi connectivity index (χ0) is 15.2. The summed E-state index contributed by atoms with van der Waals surface area (Å²) in [6.45, 7) is 4.19. The molecule has 3 N–H and O–H groups in total. The molecule has 1 amide bonds. The van der Waals surface area contributed by atoms with Crippen molar-refractivity contribution in [1.29, 1.82) is 0 Å². The number of aromatic nitrogens is 1. The third-order valence-electron chi connectivity index (χ3n) is 3.53. The first-order valence-electron chi connectivity index (χ1n) is 7.05. The van der Waals surface area contributed by atoms with Crippen LogP contribution >= 0.6 is 0 Å². The maximum atomic E-state index is 11.8. The van der Waals surface area contributed by atoms with Gasteiger partial charge in [0.1, 0.15) is 11.9 Å². The lowest BCUT2D eigenvalue weighted by atomic mass is 10.3. The lowest BCUT2D eigenvalue weighted by Crippen LogP contribution is -2.44. The molecule has 1 atom stereocenters. The first kappa shape index (κ1) is 15.7. The van der Waals surface area contributed by atoms with Crippen molar-refractivity contribution in [3.05, 3.63) is 18.3 Å². The first-order chi connectivity index (χ1) is 10.1. The summed E-state index contributed by atoms with van der Waals surface area (Å²) in [5.41, 5.74) is 6.31. The van der Waals surface area contributed by atoms with E-state index in [1.807, 2.05) is 12.1 Å². The molecule has 21 heavy (non-hydrogen) atoms. The summed E-state index contributed by atoms with van der Waals surface area (Å²) in [5, 5.41) is 2.73. The number of nitrogens with two attached hydrogens (primary N) is 1. The molecule has 7 heteroatoms. The lowest BCUT2D eigenvalue weighted by Gasteiger charge is -2.33. The summed E-state index contributed by atoms with van der Waals surface area (Å²) in [6.07, 6.45) is 1.66. The maximum Gasteiger partial charge on any atom is 0.243 e. The van der Waals surface area contributed by atoms with Crippen molar-refractivity contribution in [2.45, 2.75) is 6.04 Å². The van der Waals surface area contributed by atoms with Gasteiger partial charge in [0, 0.05) is 33.3 Å². The Balaban J connectivity index is 1.91. The summed E-state index contributed by atoms with van der Waals surface area (Å²) in [4.78, 5) is 20.7. The van der Waals surface area contributed by atoms with Gasteiger partial charge in [0.2, 0.25) is 5.91 Å². The Morgan fingerprint density at radius 1 is 1.43 bits per heavy atom. The molecule has 1 fully saturated rings. The molecule has 0 aromatic carbocycles. The normalized spacial score (nSPS) is 17.6. The van der Waals surface area contributed by atoms with Gasteiger partial charge in [0.25, 0.3) is 0 Å². The van der Waals surface area contributed by atoms with E-state index in [1.165, 1.54) is 7.11 Å². The van der Waals surface area contributed by atoms with Gasteiger partial charge in [-0.2, -0.15) is 0 Å². The number of pyridine rings is 1. The maximum absolute atomic E-state index is 11.8. The van der Waals surface area contributed by atoms with Crippen LogP contribution in [-0.2, 0) is 9.53 Å². The van der Waals surface area contributed by atoms with Crippen molar-refractivity contribution in [3.8, 4) is 0 Å². The molecule has 1 unspecified atom stereocenters. The van der Waals surface area contributed by atoms with E-state index >= 15 is 0 Å². The Bertz CT molecular complexity index is 457. The fraction of sp³-hybridized carbons (Fsp3) is 0.571. The third kappa shape index (κ3) is 4.38. The summed E-state index contributed by atoms with van der Waals surface area (Å²) < 4.78 is 4.86. The number of rotatable bonds is 5. The average molecular weight is 293 g/mol. The lowest BCUT2D eigenvalue weighted by molar-refractivity contribution is -0.118. The van der Waals surface area contributed by atoms with Crippen LogP contribution in [0.5, 0.6) is 0 Å². The third-order valence-corrected chi connectivity index (χ3v) is 3.53. The Morgan fingerprint density at radius 3 is 2.71 bits per heavy atom. The number of carbonyl (C=O) groups is 1. The monoisotopic (exact) mass is 293 g/mol. The van der Waals surface area contributed by atoms with Crippen molar-refractivity contribution in [3.63, 3.8) is 0 Å². The quantitative estimate of drug-likeness (QED) is 0.778. The van der Waals surface area contributed by atoms with Gasteiger partial charge in [-0.15, -0.1) is 0 Å². The number of nitrogens with zero attached hydrogens (tertiary/aromatic N) is 3. The molecule has 116 valence electrons. The Labute approximate surface area is 125 Å². The molecule has 0 bridgehead atoms. The molecule has 1 aromatic heterocycles. The van der Waals surface area contributed by atoms with Crippen molar-refractivity contribution in [2.75, 3.05) is 57.2 Å². The molecule has 1 aromatic rings. The standard InChI is InChI=1S/C14H23N5O2/c1-18-5-7-19(8-6-18)13-4-3-11(9-16-13)17-14(20)12(15)10-21-2/h3-4,9,12H,5-8,10,15H2,1-2H3,(H,17,20). The molecule has 0 aliphatic carbocycles. The number of ether oxygens (including phenoxy) is 1. The fourth-order valence-electron chi connectivity index (χ4n) is 2.17. The van der Waals surface area contributed by atoms with E-state index in [4.69, 9.17) is 10.5 Å². The van der Waals surface area contributed by atoms with Gasteiger partial charge in [0.05, 0.1) is 18.5 Å². The van der Waals surface area contributed by atoms with E-state index in [0.717, 1.165) is 32.0 Å². The molecule has 2 heterocycles. The molecular formula is C14H23N5O2. The van der Waals surface area contributed by atoms with Gasteiger partial charge in [-0.3, -0.25) is 4.79 Å². The van der Waals surface area contributed by atoms with E-state index in [1.54, 1.807) is 6.20 Å². The Morgan fingerprint density at radius 2 is 2.14 bits per heavy atom. The molecule has 1 aliphatic rings. The highest BCUT2D eigenvalue weighted by molar-refractivity contribution is 5.94. The number of anilines is 2. The minimum atomic E-state index is -0.674. The van der Waals surface area contributed by atoms with E-state index in [2.05, 4.69) is 27.1 Å². The molecule has 1 aliphatic heterocycles. The van der Waals surface area contributed by atoms with Crippen LogP contribution < -0.4 is 16.0 Å². The van der Waals surface area contributed by atoms with Crippen LogP contribution in [0.1, 0.15) is 0 Å². The Kier molecular flexibility index (Phi) is 5.49. The number of likely N-dealkylation sites (N-methyl/N-ethyl adjacent to an activating group) is 1. The van der Waals surface area contributed by atoms with Crippen molar-refractivity contribution < 1.29 is 9.53 Å². The number of hydrogen-bond acceptors (Lipinski definition) is 6. The molecule has 2 rings (SSSR count). The minimum Gasteiger partial charge on any atom is -0.383 e. The van der Waals surface area contributed by atoms with Crippen molar-refractivity contribution >= 4 is 17.4 Å². The van der Waals surface area contributed by atoms with Crippen molar-refractivity contribution in [2.24, 2.45) is 5.73 Å². The van der Waals surface area contributed by atoms with Crippen molar-refractivity contribution in [1.82, 2.24) is 9.88 Å². The smallest absolute Gasteiger partial charge is 0.243 e. The largest absolute Gasteiger partial charge is 0.383 e.